The molecule has 0 amide bonds. The lowest BCUT2D eigenvalue weighted by molar-refractivity contribution is 0.204. The Hall–Kier alpha value is -1.89. The van der Waals surface area contributed by atoms with Gasteiger partial charge in [-0.1, -0.05) is 36.2 Å². The molecule has 3 aromatic rings. The molecule has 2 aromatic heterocycles. The normalized spacial score (nSPS) is 14.7. The topological polar surface area (TPSA) is 56.0 Å². The molecule has 1 aliphatic rings. The first-order valence-corrected chi connectivity index (χ1v) is 9.44. The van der Waals surface area contributed by atoms with Crippen molar-refractivity contribution in [1.29, 1.82) is 0 Å². The summed E-state index contributed by atoms with van der Waals surface area (Å²) in [6, 6.07) is 5.67. The zero-order valence-electron chi connectivity index (χ0n) is 14.5. The van der Waals surface area contributed by atoms with Crippen LogP contribution in [0, 0.1) is 0 Å². The first-order valence-electron chi connectivity index (χ1n) is 8.68. The van der Waals surface area contributed by atoms with Crippen LogP contribution >= 0.6 is 23.2 Å². The summed E-state index contributed by atoms with van der Waals surface area (Å²) >= 11 is 12.1. The molecule has 0 saturated heterocycles. The fourth-order valence-corrected chi connectivity index (χ4v) is 3.69. The lowest BCUT2D eigenvalue weighted by Crippen LogP contribution is -2.39. The second kappa shape index (κ2) is 7.02. The molecule has 0 unspecified atom stereocenters. The van der Waals surface area contributed by atoms with Crippen molar-refractivity contribution < 1.29 is 0 Å². The van der Waals surface area contributed by atoms with Gasteiger partial charge in [-0.2, -0.15) is 5.10 Å². The van der Waals surface area contributed by atoms with E-state index in [4.69, 9.17) is 28.2 Å². The minimum atomic E-state index is 0.00143. The lowest BCUT2D eigenvalue weighted by Gasteiger charge is -2.29. The summed E-state index contributed by atoms with van der Waals surface area (Å²) in [5, 5.41) is 6.03. The molecule has 8 heteroatoms. The van der Waals surface area contributed by atoms with E-state index in [2.05, 4.69) is 16.9 Å². The number of nitrogens with zero attached hydrogens (tertiary/aromatic N) is 5. The van der Waals surface area contributed by atoms with Crippen molar-refractivity contribution in [3.05, 3.63) is 56.2 Å². The molecule has 0 fully saturated rings. The van der Waals surface area contributed by atoms with Gasteiger partial charge in [0.15, 0.2) is 5.65 Å². The van der Waals surface area contributed by atoms with Gasteiger partial charge in [-0.25, -0.2) is 9.67 Å². The summed E-state index contributed by atoms with van der Waals surface area (Å²) in [5.41, 5.74) is 1.77. The SMILES string of the molecule is CCCn1ncc2c(=O)n3c(nc21)CN(Cc1ccc(Cl)c(Cl)c1)CC3. The summed E-state index contributed by atoms with van der Waals surface area (Å²) in [4.78, 5) is 19.8. The molecule has 136 valence electrons. The summed E-state index contributed by atoms with van der Waals surface area (Å²) in [5.74, 6) is 0.784. The van der Waals surface area contributed by atoms with Crippen LogP contribution in [0.2, 0.25) is 10.0 Å². The van der Waals surface area contributed by atoms with Gasteiger partial charge in [-0.3, -0.25) is 14.3 Å². The maximum absolute atomic E-state index is 12.8. The molecule has 0 bridgehead atoms. The van der Waals surface area contributed by atoms with Crippen LogP contribution < -0.4 is 5.56 Å². The zero-order valence-corrected chi connectivity index (χ0v) is 16.0. The molecule has 0 spiro atoms. The molecular weight excluding hydrogens is 373 g/mol. The molecule has 0 radical (unpaired) electrons. The molecule has 0 saturated carbocycles. The predicted octanol–water partition coefficient (Wildman–Crippen LogP) is 3.33. The molecule has 1 aliphatic heterocycles. The second-order valence-electron chi connectivity index (χ2n) is 6.55. The van der Waals surface area contributed by atoms with E-state index in [-0.39, 0.29) is 5.56 Å². The van der Waals surface area contributed by atoms with Crippen molar-refractivity contribution in [1.82, 2.24) is 24.2 Å². The van der Waals surface area contributed by atoms with Crippen molar-refractivity contribution in [2.75, 3.05) is 6.54 Å². The molecule has 26 heavy (non-hydrogen) atoms. The highest BCUT2D eigenvalue weighted by Gasteiger charge is 2.22. The number of aromatic nitrogens is 4. The zero-order chi connectivity index (χ0) is 18.3. The summed E-state index contributed by atoms with van der Waals surface area (Å²) in [6.07, 6.45) is 2.58. The Balaban J connectivity index is 1.64. The summed E-state index contributed by atoms with van der Waals surface area (Å²) in [6.45, 7) is 5.59. The van der Waals surface area contributed by atoms with E-state index in [0.717, 1.165) is 37.4 Å². The quantitative estimate of drug-likeness (QED) is 0.684. The van der Waals surface area contributed by atoms with Gasteiger partial charge in [-0.15, -0.1) is 0 Å². The summed E-state index contributed by atoms with van der Waals surface area (Å²) < 4.78 is 3.58. The van der Waals surface area contributed by atoms with Crippen LogP contribution in [0.3, 0.4) is 0 Å². The van der Waals surface area contributed by atoms with Gasteiger partial charge in [0, 0.05) is 26.2 Å². The monoisotopic (exact) mass is 391 g/mol. The van der Waals surface area contributed by atoms with E-state index in [1.807, 2.05) is 22.9 Å². The van der Waals surface area contributed by atoms with Gasteiger partial charge < -0.3 is 0 Å². The minimum absolute atomic E-state index is 0.00143. The maximum Gasteiger partial charge on any atom is 0.264 e. The molecular formula is C18H19Cl2N5O. The van der Waals surface area contributed by atoms with E-state index >= 15 is 0 Å². The number of aryl methyl sites for hydroxylation is 1. The van der Waals surface area contributed by atoms with Crippen molar-refractivity contribution >= 4 is 34.2 Å². The molecule has 1 aromatic carbocycles. The third kappa shape index (κ3) is 3.13. The minimum Gasteiger partial charge on any atom is -0.294 e. The van der Waals surface area contributed by atoms with Gasteiger partial charge in [0.2, 0.25) is 0 Å². The number of halogens is 2. The number of benzene rings is 1. The maximum atomic E-state index is 12.8. The number of hydrogen-bond donors (Lipinski definition) is 0. The van der Waals surface area contributed by atoms with Crippen molar-refractivity contribution in [3.8, 4) is 0 Å². The van der Waals surface area contributed by atoms with Crippen LogP contribution in [-0.2, 0) is 26.2 Å². The Morgan fingerprint density at radius 1 is 1.19 bits per heavy atom. The average molecular weight is 392 g/mol. The summed E-state index contributed by atoms with van der Waals surface area (Å²) in [7, 11) is 0. The fourth-order valence-electron chi connectivity index (χ4n) is 3.37. The standard InChI is InChI=1S/C18H19Cl2N5O/c1-2-5-25-17-13(9-21-25)18(26)24-7-6-23(11-16(24)22-17)10-12-3-4-14(19)15(20)8-12/h3-4,8-9H,2,5-7,10-11H2,1H3. The van der Waals surface area contributed by atoms with Crippen molar-refractivity contribution in [2.24, 2.45) is 0 Å². The largest absolute Gasteiger partial charge is 0.294 e. The van der Waals surface area contributed by atoms with E-state index < -0.39 is 0 Å². The van der Waals surface area contributed by atoms with Crippen molar-refractivity contribution in [3.63, 3.8) is 0 Å². The van der Waals surface area contributed by atoms with Gasteiger partial charge in [0.25, 0.3) is 5.56 Å². The predicted molar refractivity (Wildman–Crippen MR) is 103 cm³/mol. The Bertz CT molecular complexity index is 1030. The highest BCUT2D eigenvalue weighted by molar-refractivity contribution is 6.42. The first kappa shape index (κ1) is 17.5. The average Bonchev–Trinajstić information content (AvgIpc) is 3.02. The fraction of sp³-hybridized carbons (Fsp3) is 0.389. The van der Waals surface area contributed by atoms with Gasteiger partial charge in [0.1, 0.15) is 11.2 Å². The van der Waals surface area contributed by atoms with E-state index in [1.54, 1.807) is 10.8 Å². The molecule has 0 N–H and O–H groups in total. The molecule has 0 aliphatic carbocycles. The van der Waals surface area contributed by atoms with Crippen LogP contribution in [0.1, 0.15) is 24.7 Å². The number of fused-ring (bicyclic) bond motifs is 2. The molecule has 3 heterocycles. The van der Waals surface area contributed by atoms with Crippen LogP contribution in [0.25, 0.3) is 11.0 Å². The van der Waals surface area contributed by atoms with Gasteiger partial charge in [0.05, 0.1) is 22.8 Å². The van der Waals surface area contributed by atoms with Crippen LogP contribution in [0.5, 0.6) is 0 Å². The Morgan fingerprint density at radius 2 is 2.04 bits per heavy atom. The Labute approximate surface area is 161 Å². The first-order chi connectivity index (χ1) is 12.6. The number of rotatable bonds is 4. The smallest absolute Gasteiger partial charge is 0.264 e. The third-order valence-corrected chi connectivity index (χ3v) is 5.40. The Morgan fingerprint density at radius 3 is 2.81 bits per heavy atom. The van der Waals surface area contributed by atoms with E-state index in [0.29, 0.717) is 34.2 Å². The second-order valence-corrected chi connectivity index (χ2v) is 7.36. The van der Waals surface area contributed by atoms with Crippen molar-refractivity contribution in [2.45, 2.75) is 39.5 Å². The third-order valence-electron chi connectivity index (χ3n) is 4.66. The Kier molecular flexibility index (Phi) is 4.73. The lowest BCUT2D eigenvalue weighted by atomic mass is 10.2. The van der Waals surface area contributed by atoms with Crippen LogP contribution in [0.15, 0.2) is 29.2 Å². The molecule has 6 nitrogen and oxygen atoms in total. The van der Waals surface area contributed by atoms with Gasteiger partial charge >= 0.3 is 0 Å². The van der Waals surface area contributed by atoms with E-state index in [9.17, 15) is 4.79 Å². The van der Waals surface area contributed by atoms with Crippen LogP contribution in [0.4, 0.5) is 0 Å². The highest BCUT2D eigenvalue weighted by atomic mass is 35.5. The number of hydrogen-bond acceptors (Lipinski definition) is 4. The molecule has 0 atom stereocenters. The van der Waals surface area contributed by atoms with Crippen LogP contribution in [-0.4, -0.2) is 30.8 Å². The van der Waals surface area contributed by atoms with E-state index in [1.165, 1.54) is 0 Å². The van der Waals surface area contributed by atoms with Gasteiger partial charge in [-0.05, 0) is 24.1 Å². The highest BCUT2D eigenvalue weighted by Crippen LogP contribution is 2.24. The molecule has 4 rings (SSSR count).